The highest BCUT2D eigenvalue weighted by atomic mass is 16.3. The van der Waals surface area contributed by atoms with E-state index in [2.05, 4.69) is 30.3 Å². The third-order valence-electron chi connectivity index (χ3n) is 5.05. The van der Waals surface area contributed by atoms with E-state index in [0.717, 1.165) is 30.7 Å². The predicted octanol–water partition coefficient (Wildman–Crippen LogP) is 4.16. The Kier molecular flexibility index (Phi) is 2.63. The van der Waals surface area contributed by atoms with Gasteiger partial charge in [0, 0.05) is 0 Å². The summed E-state index contributed by atoms with van der Waals surface area (Å²) in [5, 5.41) is 13.3. The molecule has 2 aliphatic rings. The van der Waals surface area contributed by atoms with Crippen molar-refractivity contribution >= 4 is 10.8 Å². The van der Waals surface area contributed by atoms with Crippen LogP contribution in [0.3, 0.4) is 0 Å². The predicted molar refractivity (Wildman–Crippen MR) is 78.3 cm³/mol. The first-order chi connectivity index (χ1) is 9.33. The van der Waals surface area contributed by atoms with Crippen molar-refractivity contribution in [2.24, 2.45) is 5.92 Å². The average molecular weight is 252 g/mol. The van der Waals surface area contributed by atoms with Crippen LogP contribution in [0.25, 0.3) is 10.8 Å². The molecule has 1 unspecified atom stereocenters. The second kappa shape index (κ2) is 4.35. The van der Waals surface area contributed by atoms with Crippen molar-refractivity contribution < 1.29 is 5.11 Å². The molecular weight excluding hydrogens is 232 g/mol. The van der Waals surface area contributed by atoms with E-state index in [1.807, 2.05) is 0 Å². The van der Waals surface area contributed by atoms with Crippen LogP contribution in [0, 0.1) is 5.92 Å². The summed E-state index contributed by atoms with van der Waals surface area (Å²) in [6.45, 7) is 0. The van der Waals surface area contributed by atoms with Crippen molar-refractivity contribution in [3.8, 4) is 0 Å². The maximum Gasteiger partial charge on any atom is 0.0798 e. The van der Waals surface area contributed by atoms with Gasteiger partial charge in [0.15, 0.2) is 0 Å². The molecule has 2 aromatic carbocycles. The first-order valence-corrected chi connectivity index (χ1v) is 7.54. The second-order valence-corrected chi connectivity index (χ2v) is 6.20. The van der Waals surface area contributed by atoms with Gasteiger partial charge in [0.25, 0.3) is 0 Å². The second-order valence-electron chi connectivity index (χ2n) is 6.20. The standard InChI is InChI=1S/C18H20O/c19-17(11-12-3-1-4-12)15-10-9-14-8-7-13-5-2-6-16(15)18(13)14/h2,5-6,9-10,12,17,19H,1,3-4,7-8,11H2. The molecule has 2 aromatic rings. The molecule has 19 heavy (non-hydrogen) atoms. The summed E-state index contributed by atoms with van der Waals surface area (Å²) in [5.74, 6) is 0.748. The minimum Gasteiger partial charge on any atom is -0.388 e. The van der Waals surface area contributed by atoms with E-state index in [0.29, 0.717) is 0 Å². The van der Waals surface area contributed by atoms with Gasteiger partial charge in [0.1, 0.15) is 0 Å². The molecule has 0 aromatic heterocycles. The fraction of sp³-hybridized carbons (Fsp3) is 0.444. The molecule has 0 spiro atoms. The summed E-state index contributed by atoms with van der Waals surface area (Å²) >= 11 is 0. The van der Waals surface area contributed by atoms with Gasteiger partial charge in [-0.05, 0) is 52.6 Å². The van der Waals surface area contributed by atoms with E-state index in [1.165, 1.54) is 41.2 Å². The highest BCUT2D eigenvalue weighted by molar-refractivity contribution is 5.93. The lowest BCUT2D eigenvalue weighted by Gasteiger charge is -2.28. The van der Waals surface area contributed by atoms with Crippen molar-refractivity contribution in [3.63, 3.8) is 0 Å². The minimum absolute atomic E-state index is 0.282. The summed E-state index contributed by atoms with van der Waals surface area (Å²) in [5.41, 5.74) is 4.07. The van der Waals surface area contributed by atoms with E-state index in [9.17, 15) is 5.11 Å². The number of aryl methyl sites for hydroxylation is 2. The molecule has 1 atom stereocenters. The van der Waals surface area contributed by atoms with Crippen LogP contribution >= 0.6 is 0 Å². The van der Waals surface area contributed by atoms with Crippen molar-refractivity contribution in [1.82, 2.24) is 0 Å². The monoisotopic (exact) mass is 252 g/mol. The molecule has 1 fully saturated rings. The van der Waals surface area contributed by atoms with E-state index < -0.39 is 0 Å². The lowest BCUT2D eigenvalue weighted by atomic mass is 9.80. The number of aliphatic hydroxyl groups is 1. The Balaban J connectivity index is 1.77. The zero-order valence-corrected chi connectivity index (χ0v) is 11.2. The lowest BCUT2D eigenvalue weighted by molar-refractivity contribution is 0.119. The molecule has 0 heterocycles. The Labute approximate surface area is 114 Å². The molecule has 98 valence electrons. The number of aliphatic hydroxyl groups excluding tert-OH is 1. The minimum atomic E-state index is -0.282. The van der Waals surface area contributed by atoms with Gasteiger partial charge < -0.3 is 5.11 Å². The summed E-state index contributed by atoms with van der Waals surface area (Å²) in [7, 11) is 0. The molecule has 0 radical (unpaired) electrons. The quantitative estimate of drug-likeness (QED) is 0.869. The Morgan fingerprint density at radius 2 is 1.84 bits per heavy atom. The van der Waals surface area contributed by atoms with Crippen LogP contribution in [0.5, 0.6) is 0 Å². The Hall–Kier alpha value is -1.34. The fourth-order valence-corrected chi connectivity index (χ4v) is 3.73. The summed E-state index contributed by atoms with van der Waals surface area (Å²) < 4.78 is 0. The van der Waals surface area contributed by atoms with E-state index in [1.54, 1.807) is 0 Å². The first kappa shape index (κ1) is 11.5. The number of rotatable bonds is 3. The number of hydrogen-bond donors (Lipinski definition) is 1. The van der Waals surface area contributed by atoms with Crippen molar-refractivity contribution in [1.29, 1.82) is 0 Å². The van der Waals surface area contributed by atoms with Crippen molar-refractivity contribution in [2.75, 3.05) is 0 Å². The average Bonchev–Trinajstić information content (AvgIpc) is 2.80. The van der Waals surface area contributed by atoms with Gasteiger partial charge in [-0.1, -0.05) is 49.6 Å². The molecular formula is C18H20O. The fourth-order valence-electron chi connectivity index (χ4n) is 3.73. The Morgan fingerprint density at radius 3 is 2.58 bits per heavy atom. The number of hydrogen-bond acceptors (Lipinski definition) is 1. The van der Waals surface area contributed by atoms with Gasteiger partial charge >= 0.3 is 0 Å². The maximum atomic E-state index is 10.6. The molecule has 1 nitrogen and oxygen atoms in total. The summed E-state index contributed by atoms with van der Waals surface area (Å²) in [6.07, 6.45) is 6.94. The summed E-state index contributed by atoms with van der Waals surface area (Å²) in [6, 6.07) is 11.0. The van der Waals surface area contributed by atoms with Crippen molar-refractivity contribution in [2.45, 2.75) is 44.6 Å². The first-order valence-electron chi connectivity index (χ1n) is 7.54. The van der Waals surface area contributed by atoms with Gasteiger partial charge in [-0.15, -0.1) is 0 Å². The van der Waals surface area contributed by atoms with E-state index >= 15 is 0 Å². The molecule has 4 rings (SSSR count). The lowest BCUT2D eigenvalue weighted by Crippen LogP contribution is -2.15. The molecule has 0 saturated heterocycles. The van der Waals surface area contributed by atoms with Crippen LogP contribution < -0.4 is 0 Å². The topological polar surface area (TPSA) is 20.2 Å². The molecule has 1 saturated carbocycles. The van der Waals surface area contributed by atoms with Crippen LogP contribution in [-0.4, -0.2) is 5.11 Å². The largest absolute Gasteiger partial charge is 0.388 e. The van der Waals surface area contributed by atoms with Crippen LogP contribution in [0.15, 0.2) is 30.3 Å². The van der Waals surface area contributed by atoms with Crippen LogP contribution in [-0.2, 0) is 12.8 Å². The molecule has 0 aliphatic heterocycles. The molecule has 1 heteroatoms. The van der Waals surface area contributed by atoms with Gasteiger partial charge in [-0.25, -0.2) is 0 Å². The zero-order valence-electron chi connectivity index (χ0n) is 11.2. The van der Waals surface area contributed by atoms with Crippen LogP contribution in [0.1, 0.15) is 48.5 Å². The molecule has 0 bridgehead atoms. The normalized spacial score (nSPS) is 19.6. The summed E-state index contributed by atoms with van der Waals surface area (Å²) in [4.78, 5) is 0. The molecule has 2 aliphatic carbocycles. The van der Waals surface area contributed by atoms with Crippen LogP contribution in [0.2, 0.25) is 0 Å². The number of benzene rings is 2. The zero-order chi connectivity index (χ0) is 12.8. The highest BCUT2D eigenvalue weighted by Crippen LogP contribution is 2.39. The molecule has 0 amide bonds. The maximum absolute atomic E-state index is 10.6. The third-order valence-corrected chi connectivity index (χ3v) is 5.05. The SMILES string of the molecule is OC(CC1CCC1)c1ccc2c3c(cccc13)CC2. The van der Waals surface area contributed by atoms with Crippen molar-refractivity contribution in [3.05, 3.63) is 47.0 Å². The van der Waals surface area contributed by atoms with Gasteiger partial charge in [-0.3, -0.25) is 0 Å². The smallest absolute Gasteiger partial charge is 0.0798 e. The van der Waals surface area contributed by atoms with E-state index in [4.69, 9.17) is 0 Å². The van der Waals surface area contributed by atoms with Crippen LogP contribution in [0.4, 0.5) is 0 Å². The third kappa shape index (κ3) is 1.80. The highest BCUT2D eigenvalue weighted by Gasteiger charge is 2.24. The Morgan fingerprint density at radius 1 is 1.05 bits per heavy atom. The van der Waals surface area contributed by atoms with Gasteiger partial charge in [-0.2, -0.15) is 0 Å². The van der Waals surface area contributed by atoms with E-state index in [-0.39, 0.29) is 6.10 Å². The van der Waals surface area contributed by atoms with Gasteiger partial charge in [0.05, 0.1) is 6.10 Å². The molecule has 1 N–H and O–H groups in total. The Bertz CT molecular complexity index is 615. The van der Waals surface area contributed by atoms with Gasteiger partial charge in [0.2, 0.25) is 0 Å².